The average Bonchev–Trinajstić information content (AvgIpc) is 2.19. The smallest absolute Gasteiger partial charge is 0.0154 e. The Morgan fingerprint density at radius 3 is 2.67 bits per heavy atom. The number of halogens is 2. The van der Waals surface area contributed by atoms with E-state index in [2.05, 4.69) is 38.1 Å². The van der Waals surface area contributed by atoms with Crippen LogP contribution < -0.4 is 5.73 Å². The molecule has 0 aliphatic rings. The molecule has 0 amide bonds. The van der Waals surface area contributed by atoms with Crippen LogP contribution in [0.3, 0.4) is 0 Å². The van der Waals surface area contributed by atoms with Crippen molar-refractivity contribution in [1.82, 2.24) is 0 Å². The molecule has 1 aromatic carbocycles. The molecule has 0 spiro atoms. The molecule has 15 heavy (non-hydrogen) atoms. The fourth-order valence-corrected chi connectivity index (χ4v) is 1.75. The quantitative estimate of drug-likeness (QED) is 0.866. The first-order valence-electron chi connectivity index (χ1n) is 4.74. The van der Waals surface area contributed by atoms with Gasteiger partial charge in [0.05, 0.1) is 0 Å². The summed E-state index contributed by atoms with van der Waals surface area (Å²) in [6.07, 6.45) is 0. The maximum Gasteiger partial charge on any atom is 0.0154 e. The van der Waals surface area contributed by atoms with Gasteiger partial charge in [0.2, 0.25) is 0 Å². The highest BCUT2D eigenvalue weighted by atomic mass is 35.5. The summed E-state index contributed by atoms with van der Waals surface area (Å²) in [5.74, 6) is 0.303. The fraction of sp³-hybridized carbons (Fsp3) is 0.333. The molecule has 1 rings (SSSR count). The zero-order chi connectivity index (χ0) is 10.6. The van der Waals surface area contributed by atoms with Crippen LogP contribution in [0.5, 0.6) is 0 Å². The van der Waals surface area contributed by atoms with E-state index in [0.717, 1.165) is 5.57 Å². The third kappa shape index (κ3) is 3.86. The molecule has 0 aromatic heterocycles. The summed E-state index contributed by atoms with van der Waals surface area (Å²) in [5, 5.41) is 0. The first-order chi connectivity index (χ1) is 6.69. The van der Waals surface area contributed by atoms with Crippen molar-refractivity contribution in [1.29, 1.82) is 0 Å². The minimum absolute atomic E-state index is 0. The van der Waals surface area contributed by atoms with E-state index in [9.17, 15) is 0 Å². The normalized spacial score (nSPS) is 13.2. The summed E-state index contributed by atoms with van der Waals surface area (Å²) in [4.78, 5) is 0. The molecule has 1 aromatic rings. The molecule has 0 saturated carbocycles. The Bertz CT molecular complexity index is 334. The molecule has 84 valence electrons. The largest absolute Gasteiger partial charge is 0.327 e. The molecule has 1 nitrogen and oxygen atoms in total. The number of hydrogen-bond donors (Lipinski definition) is 1. The molecule has 1 unspecified atom stereocenters. The highest BCUT2D eigenvalue weighted by Crippen LogP contribution is 2.24. The van der Waals surface area contributed by atoms with Crippen LogP contribution in [0.25, 0.3) is 0 Å². The van der Waals surface area contributed by atoms with Gasteiger partial charge in [0, 0.05) is 18.0 Å². The number of rotatable bonds is 3. The maximum absolute atomic E-state index is 5.71. The minimum Gasteiger partial charge on any atom is -0.327 e. The number of hydrogen-bond acceptors (Lipinski definition) is 1. The molecule has 2 N–H and O–H groups in total. The summed E-state index contributed by atoms with van der Waals surface area (Å²) in [6, 6.07) is 8.42. The highest BCUT2D eigenvalue weighted by molar-refractivity contribution is 6.25. The van der Waals surface area contributed by atoms with Crippen LogP contribution in [0.2, 0.25) is 0 Å². The van der Waals surface area contributed by atoms with E-state index in [-0.39, 0.29) is 12.4 Å². The highest BCUT2D eigenvalue weighted by Gasteiger charge is 2.09. The van der Waals surface area contributed by atoms with Crippen molar-refractivity contribution in [3.63, 3.8) is 0 Å². The van der Waals surface area contributed by atoms with Gasteiger partial charge in [-0.3, -0.25) is 0 Å². The van der Waals surface area contributed by atoms with Crippen molar-refractivity contribution >= 4 is 24.0 Å². The summed E-state index contributed by atoms with van der Waals surface area (Å²) in [5.41, 5.74) is 10.8. The maximum atomic E-state index is 5.71. The van der Waals surface area contributed by atoms with E-state index in [1.165, 1.54) is 11.1 Å². The van der Waals surface area contributed by atoms with Gasteiger partial charge in [-0.1, -0.05) is 48.4 Å². The fourth-order valence-electron chi connectivity index (χ4n) is 1.47. The average molecular weight is 246 g/mol. The molecular formula is C12H17Cl2N. The second kappa shape index (κ2) is 6.89. The molecule has 1 atom stereocenters. The van der Waals surface area contributed by atoms with Crippen molar-refractivity contribution in [2.45, 2.75) is 19.8 Å². The van der Waals surface area contributed by atoms with Crippen molar-refractivity contribution in [2.24, 2.45) is 5.73 Å². The zero-order valence-electron chi connectivity index (χ0n) is 9.03. The van der Waals surface area contributed by atoms with Gasteiger partial charge in [0.1, 0.15) is 0 Å². The summed E-state index contributed by atoms with van der Waals surface area (Å²) < 4.78 is 0. The molecule has 0 aliphatic carbocycles. The molecule has 0 saturated heterocycles. The molecule has 3 heteroatoms. The number of aryl methyl sites for hydroxylation is 1. The van der Waals surface area contributed by atoms with Crippen molar-refractivity contribution in [2.75, 3.05) is 6.54 Å². The van der Waals surface area contributed by atoms with Crippen molar-refractivity contribution in [3.05, 3.63) is 46.5 Å². The lowest BCUT2D eigenvalue weighted by atomic mass is 9.93. The standard InChI is InChI=1S/C12H16ClN.ClH/c1-9-4-3-5-11(6-9)10(2)12(7-13)8-14;/h3-7,10H,8,14H2,1-2H3;1H/b12-7+;. The van der Waals surface area contributed by atoms with Gasteiger partial charge in [-0.15, -0.1) is 12.4 Å². The van der Waals surface area contributed by atoms with E-state index in [1.54, 1.807) is 5.54 Å². The van der Waals surface area contributed by atoms with E-state index in [0.29, 0.717) is 12.5 Å². The first kappa shape index (κ1) is 14.5. The summed E-state index contributed by atoms with van der Waals surface area (Å²) >= 11 is 5.71. The van der Waals surface area contributed by atoms with E-state index >= 15 is 0 Å². The first-order valence-corrected chi connectivity index (χ1v) is 5.18. The minimum atomic E-state index is 0. The van der Waals surface area contributed by atoms with Crippen LogP contribution in [0.15, 0.2) is 35.4 Å². The Morgan fingerprint density at radius 1 is 1.53 bits per heavy atom. The predicted octanol–water partition coefficient (Wildman–Crippen LogP) is 3.60. The molecule has 0 radical (unpaired) electrons. The second-order valence-electron chi connectivity index (χ2n) is 3.52. The van der Waals surface area contributed by atoms with Gasteiger partial charge in [-0.25, -0.2) is 0 Å². The molecule has 0 heterocycles. The Morgan fingerprint density at radius 2 is 2.20 bits per heavy atom. The third-order valence-electron chi connectivity index (χ3n) is 2.47. The van der Waals surface area contributed by atoms with Crippen LogP contribution in [-0.2, 0) is 0 Å². The van der Waals surface area contributed by atoms with Crippen LogP contribution in [-0.4, -0.2) is 6.54 Å². The van der Waals surface area contributed by atoms with Crippen LogP contribution in [0.4, 0.5) is 0 Å². The summed E-state index contributed by atoms with van der Waals surface area (Å²) in [7, 11) is 0. The third-order valence-corrected chi connectivity index (χ3v) is 2.75. The SMILES string of the molecule is Cc1cccc(C(C)/C(=C/Cl)CN)c1.Cl. The van der Waals surface area contributed by atoms with E-state index in [4.69, 9.17) is 17.3 Å². The van der Waals surface area contributed by atoms with Gasteiger partial charge in [-0.05, 0) is 18.1 Å². The van der Waals surface area contributed by atoms with Gasteiger partial charge < -0.3 is 5.73 Å². The molecule has 0 aliphatic heterocycles. The van der Waals surface area contributed by atoms with Crippen LogP contribution in [0.1, 0.15) is 24.0 Å². The Labute approximate surface area is 103 Å². The van der Waals surface area contributed by atoms with Gasteiger partial charge >= 0.3 is 0 Å². The summed E-state index contributed by atoms with van der Waals surface area (Å²) in [6.45, 7) is 4.72. The van der Waals surface area contributed by atoms with Gasteiger partial charge in [0.15, 0.2) is 0 Å². The monoisotopic (exact) mass is 245 g/mol. The lowest BCUT2D eigenvalue weighted by Crippen LogP contribution is -2.09. The van der Waals surface area contributed by atoms with Crippen molar-refractivity contribution < 1.29 is 0 Å². The predicted molar refractivity (Wildman–Crippen MR) is 69.8 cm³/mol. The molecule has 0 bridgehead atoms. The number of nitrogens with two attached hydrogens (primary N) is 1. The number of benzene rings is 1. The topological polar surface area (TPSA) is 26.0 Å². The lowest BCUT2D eigenvalue weighted by Gasteiger charge is -2.14. The van der Waals surface area contributed by atoms with Crippen molar-refractivity contribution in [3.8, 4) is 0 Å². The zero-order valence-corrected chi connectivity index (χ0v) is 10.6. The van der Waals surface area contributed by atoms with Crippen LogP contribution in [0, 0.1) is 6.92 Å². The van der Waals surface area contributed by atoms with Crippen LogP contribution >= 0.6 is 24.0 Å². The Kier molecular flexibility index (Phi) is 6.66. The lowest BCUT2D eigenvalue weighted by molar-refractivity contribution is 0.858. The van der Waals surface area contributed by atoms with E-state index in [1.807, 2.05) is 0 Å². The second-order valence-corrected chi connectivity index (χ2v) is 3.74. The Hall–Kier alpha value is -0.500. The Balaban J connectivity index is 0.00000196. The van der Waals surface area contributed by atoms with E-state index < -0.39 is 0 Å². The molecular weight excluding hydrogens is 229 g/mol. The van der Waals surface area contributed by atoms with Gasteiger partial charge in [0.25, 0.3) is 0 Å². The van der Waals surface area contributed by atoms with Gasteiger partial charge in [-0.2, -0.15) is 0 Å². The molecule has 0 fully saturated rings.